The van der Waals surface area contributed by atoms with E-state index in [1.54, 1.807) is 0 Å². The molecule has 0 N–H and O–H groups in total. The highest BCUT2D eigenvalue weighted by molar-refractivity contribution is 5.79. The summed E-state index contributed by atoms with van der Waals surface area (Å²) in [5.41, 5.74) is 1.13. The van der Waals surface area contributed by atoms with Gasteiger partial charge in [-0.05, 0) is 25.0 Å². The van der Waals surface area contributed by atoms with Crippen LogP contribution >= 0.6 is 0 Å². The van der Waals surface area contributed by atoms with Gasteiger partial charge in [-0.1, -0.05) is 0 Å². The quantitative estimate of drug-likeness (QED) is 0.827. The molecule has 0 aromatic heterocycles. The maximum absolute atomic E-state index is 12.6. The molecule has 23 heavy (non-hydrogen) atoms. The standard InChI is InChI=1S/C17H22N2O4/c20-17(13-3-9-21-10-4-13)19-7-5-18(6-8-19)14-1-2-15-16(11-14)23-12-22-15/h1-2,11,13H,3-10,12H2. The first kappa shape index (κ1) is 14.6. The van der Waals surface area contributed by atoms with Crippen LogP contribution in [0.4, 0.5) is 5.69 Å². The molecule has 4 rings (SSSR count). The summed E-state index contributed by atoms with van der Waals surface area (Å²) in [5.74, 6) is 2.07. The van der Waals surface area contributed by atoms with Crippen molar-refractivity contribution in [2.24, 2.45) is 5.92 Å². The number of carbonyl (C=O) groups is 1. The van der Waals surface area contributed by atoms with Crippen molar-refractivity contribution < 1.29 is 19.0 Å². The van der Waals surface area contributed by atoms with Crippen LogP contribution in [0, 0.1) is 5.92 Å². The largest absolute Gasteiger partial charge is 0.454 e. The van der Waals surface area contributed by atoms with E-state index in [1.165, 1.54) is 0 Å². The molecule has 0 unspecified atom stereocenters. The summed E-state index contributed by atoms with van der Waals surface area (Å²) in [5, 5.41) is 0. The van der Waals surface area contributed by atoms with E-state index in [2.05, 4.69) is 11.0 Å². The summed E-state index contributed by atoms with van der Waals surface area (Å²) in [6.07, 6.45) is 1.72. The van der Waals surface area contributed by atoms with Crippen molar-refractivity contribution in [2.45, 2.75) is 12.8 Å². The summed E-state index contributed by atoms with van der Waals surface area (Å²) >= 11 is 0. The van der Waals surface area contributed by atoms with Crippen LogP contribution in [0.1, 0.15) is 12.8 Å². The van der Waals surface area contributed by atoms with Gasteiger partial charge in [0.1, 0.15) is 0 Å². The van der Waals surface area contributed by atoms with E-state index in [1.807, 2.05) is 17.0 Å². The molecule has 3 heterocycles. The fraction of sp³-hybridized carbons (Fsp3) is 0.588. The molecular weight excluding hydrogens is 296 g/mol. The number of anilines is 1. The summed E-state index contributed by atoms with van der Waals surface area (Å²) in [6.45, 7) is 5.01. The normalized spacial score (nSPS) is 21.6. The second kappa shape index (κ2) is 6.28. The lowest BCUT2D eigenvalue weighted by Crippen LogP contribution is -2.51. The van der Waals surface area contributed by atoms with Crippen LogP contribution in [-0.4, -0.2) is 57.0 Å². The molecule has 0 saturated carbocycles. The molecule has 1 aromatic rings. The Labute approximate surface area is 135 Å². The monoisotopic (exact) mass is 318 g/mol. The maximum atomic E-state index is 12.6. The molecule has 0 spiro atoms. The Bertz CT molecular complexity index is 578. The van der Waals surface area contributed by atoms with Crippen molar-refractivity contribution in [3.05, 3.63) is 18.2 Å². The van der Waals surface area contributed by atoms with E-state index >= 15 is 0 Å². The lowest BCUT2D eigenvalue weighted by atomic mass is 9.98. The summed E-state index contributed by atoms with van der Waals surface area (Å²) in [7, 11) is 0. The van der Waals surface area contributed by atoms with E-state index in [4.69, 9.17) is 14.2 Å². The van der Waals surface area contributed by atoms with Gasteiger partial charge in [0.25, 0.3) is 0 Å². The number of ether oxygens (including phenoxy) is 3. The Balaban J connectivity index is 1.36. The average Bonchev–Trinajstić information content (AvgIpc) is 3.10. The SMILES string of the molecule is O=C(C1CCOCC1)N1CCN(c2ccc3c(c2)OCO3)CC1. The van der Waals surface area contributed by atoms with Crippen LogP contribution in [0.3, 0.4) is 0 Å². The van der Waals surface area contributed by atoms with Crippen molar-refractivity contribution >= 4 is 11.6 Å². The van der Waals surface area contributed by atoms with Crippen LogP contribution in [0.25, 0.3) is 0 Å². The van der Waals surface area contributed by atoms with Crippen molar-refractivity contribution in [1.82, 2.24) is 4.90 Å². The Morgan fingerprint density at radius 2 is 1.74 bits per heavy atom. The maximum Gasteiger partial charge on any atom is 0.231 e. The number of hydrogen-bond donors (Lipinski definition) is 0. The highest BCUT2D eigenvalue weighted by atomic mass is 16.7. The number of piperazine rings is 1. The molecule has 6 nitrogen and oxygen atoms in total. The molecule has 1 amide bonds. The second-order valence-corrected chi connectivity index (χ2v) is 6.24. The first-order valence-corrected chi connectivity index (χ1v) is 8.32. The molecule has 124 valence electrons. The van der Waals surface area contributed by atoms with Gasteiger partial charge < -0.3 is 24.0 Å². The van der Waals surface area contributed by atoms with Crippen LogP contribution in [0.2, 0.25) is 0 Å². The number of benzene rings is 1. The number of hydrogen-bond acceptors (Lipinski definition) is 5. The summed E-state index contributed by atoms with van der Waals surface area (Å²) in [4.78, 5) is 16.9. The molecule has 0 aliphatic carbocycles. The lowest BCUT2D eigenvalue weighted by Gasteiger charge is -2.38. The zero-order chi connectivity index (χ0) is 15.6. The first-order chi connectivity index (χ1) is 11.3. The molecule has 2 fully saturated rings. The van der Waals surface area contributed by atoms with Gasteiger partial charge in [-0.15, -0.1) is 0 Å². The van der Waals surface area contributed by atoms with Crippen LogP contribution in [0.15, 0.2) is 18.2 Å². The fourth-order valence-corrected chi connectivity index (χ4v) is 3.47. The first-order valence-electron chi connectivity index (χ1n) is 8.32. The molecular formula is C17H22N2O4. The summed E-state index contributed by atoms with van der Waals surface area (Å²) < 4.78 is 16.1. The van der Waals surface area contributed by atoms with E-state index in [0.717, 1.165) is 56.2 Å². The van der Waals surface area contributed by atoms with Gasteiger partial charge in [0.15, 0.2) is 11.5 Å². The molecule has 2 saturated heterocycles. The number of nitrogens with zero attached hydrogens (tertiary/aromatic N) is 2. The molecule has 1 aromatic carbocycles. The smallest absolute Gasteiger partial charge is 0.231 e. The lowest BCUT2D eigenvalue weighted by molar-refractivity contribution is -0.138. The third-order valence-electron chi connectivity index (χ3n) is 4.88. The predicted molar refractivity (Wildman–Crippen MR) is 84.9 cm³/mol. The average molecular weight is 318 g/mol. The number of rotatable bonds is 2. The van der Waals surface area contributed by atoms with Crippen molar-refractivity contribution in [2.75, 3.05) is 51.1 Å². The topological polar surface area (TPSA) is 51.2 Å². The van der Waals surface area contributed by atoms with Crippen molar-refractivity contribution in [3.63, 3.8) is 0 Å². The van der Waals surface area contributed by atoms with Gasteiger partial charge in [0, 0.05) is 57.1 Å². The molecule has 0 radical (unpaired) electrons. The number of amides is 1. The fourth-order valence-electron chi connectivity index (χ4n) is 3.47. The Hall–Kier alpha value is -1.95. The Morgan fingerprint density at radius 3 is 2.52 bits per heavy atom. The van der Waals surface area contributed by atoms with Crippen LogP contribution in [0.5, 0.6) is 11.5 Å². The minimum atomic E-state index is 0.154. The van der Waals surface area contributed by atoms with Gasteiger partial charge in [-0.25, -0.2) is 0 Å². The molecule has 6 heteroatoms. The minimum absolute atomic E-state index is 0.154. The minimum Gasteiger partial charge on any atom is -0.454 e. The molecule has 0 bridgehead atoms. The third-order valence-corrected chi connectivity index (χ3v) is 4.88. The zero-order valence-electron chi connectivity index (χ0n) is 13.2. The molecule has 3 aliphatic heterocycles. The van der Waals surface area contributed by atoms with E-state index < -0.39 is 0 Å². The van der Waals surface area contributed by atoms with Crippen LogP contribution < -0.4 is 14.4 Å². The van der Waals surface area contributed by atoms with E-state index in [-0.39, 0.29) is 5.92 Å². The van der Waals surface area contributed by atoms with Gasteiger partial charge in [0.05, 0.1) is 0 Å². The van der Waals surface area contributed by atoms with Crippen LogP contribution in [-0.2, 0) is 9.53 Å². The van der Waals surface area contributed by atoms with Gasteiger partial charge in [0.2, 0.25) is 12.7 Å². The number of carbonyl (C=O) groups excluding carboxylic acids is 1. The Kier molecular flexibility index (Phi) is 3.99. The Morgan fingerprint density at radius 1 is 1.00 bits per heavy atom. The highest BCUT2D eigenvalue weighted by Gasteiger charge is 2.29. The van der Waals surface area contributed by atoms with E-state index in [0.29, 0.717) is 25.9 Å². The van der Waals surface area contributed by atoms with E-state index in [9.17, 15) is 4.79 Å². The zero-order valence-corrected chi connectivity index (χ0v) is 13.2. The highest BCUT2D eigenvalue weighted by Crippen LogP contribution is 2.35. The van der Waals surface area contributed by atoms with Gasteiger partial charge in [-0.2, -0.15) is 0 Å². The predicted octanol–water partition coefficient (Wildman–Crippen LogP) is 1.49. The number of fused-ring (bicyclic) bond motifs is 1. The van der Waals surface area contributed by atoms with Gasteiger partial charge in [-0.3, -0.25) is 4.79 Å². The molecule has 3 aliphatic rings. The second-order valence-electron chi connectivity index (χ2n) is 6.24. The molecule has 0 atom stereocenters. The van der Waals surface area contributed by atoms with Crippen molar-refractivity contribution in [1.29, 1.82) is 0 Å². The van der Waals surface area contributed by atoms with Crippen molar-refractivity contribution in [3.8, 4) is 11.5 Å². The van der Waals surface area contributed by atoms with Gasteiger partial charge >= 0.3 is 0 Å². The summed E-state index contributed by atoms with van der Waals surface area (Å²) in [6, 6.07) is 6.04. The third kappa shape index (κ3) is 2.95.